The van der Waals surface area contributed by atoms with Crippen molar-refractivity contribution < 1.29 is 0 Å². The maximum absolute atomic E-state index is 3.62. The second-order valence-electron chi connectivity index (χ2n) is 6.84. The van der Waals surface area contributed by atoms with Gasteiger partial charge >= 0.3 is 0 Å². The molecule has 0 radical (unpaired) electrons. The van der Waals surface area contributed by atoms with E-state index >= 15 is 0 Å². The molecule has 0 heterocycles. The zero-order valence-electron chi connectivity index (χ0n) is 14.0. The highest BCUT2D eigenvalue weighted by atomic mass is 14.9. The van der Waals surface area contributed by atoms with Gasteiger partial charge in [0.1, 0.15) is 0 Å². The lowest BCUT2D eigenvalue weighted by atomic mass is 9.86. The molecule has 0 aliphatic heterocycles. The highest BCUT2D eigenvalue weighted by Gasteiger charge is 2.16. The van der Waals surface area contributed by atoms with Crippen LogP contribution < -0.4 is 5.32 Å². The highest BCUT2D eigenvalue weighted by molar-refractivity contribution is 5.54. The van der Waals surface area contributed by atoms with Crippen molar-refractivity contribution in [1.82, 2.24) is 0 Å². The first-order valence-corrected chi connectivity index (χ1v) is 8.39. The van der Waals surface area contributed by atoms with Gasteiger partial charge in [-0.2, -0.15) is 0 Å². The molecule has 20 heavy (non-hydrogen) atoms. The first-order valence-electron chi connectivity index (χ1n) is 8.39. The fourth-order valence-electron chi connectivity index (χ4n) is 2.60. The molecule has 1 nitrogen and oxygen atoms in total. The molecule has 0 fully saturated rings. The second kappa shape index (κ2) is 9.05. The van der Waals surface area contributed by atoms with Gasteiger partial charge < -0.3 is 5.32 Å². The molecule has 0 aliphatic carbocycles. The van der Waals surface area contributed by atoms with Gasteiger partial charge in [-0.15, -0.1) is 0 Å². The summed E-state index contributed by atoms with van der Waals surface area (Å²) >= 11 is 0. The predicted octanol–water partition coefficient (Wildman–Crippen LogP) is 6.15. The normalized spacial score (nSPS) is 11.6. The Morgan fingerprint density at radius 2 is 1.45 bits per heavy atom. The van der Waals surface area contributed by atoms with Crippen molar-refractivity contribution >= 4 is 5.69 Å². The second-order valence-corrected chi connectivity index (χ2v) is 6.84. The fourth-order valence-corrected chi connectivity index (χ4v) is 2.60. The molecule has 1 aromatic carbocycles. The summed E-state index contributed by atoms with van der Waals surface area (Å²) in [6.45, 7) is 10.2. The molecule has 0 aliphatic rings. The van der Waals surface area contributed by atoms with Crippen LogP contribution in [0.25, 0.3) is 0 Å². The third kappa shape index (κ3) is 6.45. The van der Waals surface area contributed by atoms with Crippen LogP contribution in [-0.2, 0) is 5.41 Å². The van der Waals surface area contributed by atoms with Crippen LogP contribution in [0.1, 0.15) is 78.2 Å². The van der Waals surface area contributed by atoms with Gasteiger partial charge in [-0.25, -0.2) is 0 Å². The monoisotopic (exact) mass is 275 g/mol. The molecule has 0 saturated heterocycles. The van der Waals surface area contributed by atoms with Crippen molar-refractivity contribution in [3.8, 4) is 0 Å². The number of benzene rings is 1. The van der Waals surface area contributed by atoms with E-state index in [1.54, 1.807) is 0 Å². The summed E-state index contributed by atoms with van der Waals surface area (Å²) in [5.41, 5.74) is 2.94. The van der Waals surface area contributed by atoms with Gasteiger partial charge in [0.15, 0.2) is 0 Å². The van der Waals surface area contributed by atoms with Gasteiger partial charge in [-0.1, -0.05) is 84.4 Å². The molecule has 0 amide bonds. The largest absolute Gasteiger partial charge is 0.385 e. The molecule has 1 N–H and O–H groups in total. The van der Waals surface area contributed by atoms with E-state index in [2.05, 4.69) is 57.3 Å². The standard InChI is InChI=1S/C19H33N/c1-5-6-7-8-9-10-13-16-20-18-15-12-11-14-17(18)19(2,3)4/h11-12,14-15,20H,5-10,13,16H2,1-4H3. The number of nitrogens with one attached hydrogen (secondary N) is 1. The SMILES string of the molecule is CCCCCCCCCNc1ccccc1C(C)(C)C. The van der Waals surface area contributed by atoms with Crippen molar-refractivity contribution in [3.63, 3.8) is 0 Å². The fraction of sp³-hybridized carbons (Fsp3) is 0.684. The lowest BCUT2D eigenvalue weighted by Gasteiger charge is -2.23. The zero-order valence-corrected chi connectivity index (χ0v) is 14.0. The summed E-state index contributed by atoms with van der Waals surface area (Å²) in [5, 5.41) is 3.62. The van der Waals surface area contributed by atoms with Gasteiger partial charge in [0, 0.05) is 12.2 Å². The van der Waals surface area contributed by atoms with Crippen molar-refractivity contribution in [2.45, 2.75) is 78.1 Å². The van der Waals surface area contributed by atoms with Crippen molar-refractivity contribution in [3.05, 3.63) is 29.8 Å². The number of hydrogen-bond donors (Lipinski definition) is 1. The summed E-state index contributed by atoms with van der Waals surface area (Å²) < 4.78 is 0. The summed E-state index contributed by atoms with van der Waals surface area (Å²) in [5.74, 6) is 0. The van der Waals surface area contributed by atoms with Gasteiger partial charge in [0.2, 0.25) is 0 Å². The Morgan fingerprint density at radius 1 is 0.850 bits per heavy atom. The van der Waals surface area contributed by atoms with Crippen LogP contribution in [0.3, 0.4) is 0 Å². The minimum Gasteiger partial charge on any atom is -0.385 e. The molecule has 114 valence electrons. The maximum Gasteiger partial charge on any atom is 0.0378 e. The van der Waals surface area contributed by atoms with Gasteiger partial charge in [0.05, 0.1) is 0 Å². The average molecular weight is 275 g/mol. The smallest absolute Gasteiger partial charge is 0.0378 e. The Balaban J connectivity index is 2.26. The van der Waals surface area contributed by atoms with Crippen molar-refractivity contribution in [1.29, 1.82) is 0 Å². The van der Waals surface area contributed by atoms with E-state index in [9.17, 15) is 0 Å². The Labute approximate surface area is 126 Å². The van der Waals surface area contributed by atoms with E-state index < -0.39 is 0 Å². The Hall–Kier alpha value is -0.980. The molecule has 0 saturated carbocycles. The molecule has 1 rings (SSSR count). The van der Waals surface area contributed by atoms with Gasteiger partial charge in [-0.05, 0) is 23.5 Å². The molecule has 0 spiro atoms. The molecular formula is C19H33N. The van der Waals surface area contributed by atoms with E-state index in [-0.39, 0.29) is 5.41 Å². The van der Waals surface area contributed by atoms with Crippen molar-refractivity contribution in [2.24, 2.45) is 0 Å². The number of hydrogen-bond acceptors (Lipinski definition) is 1. The molecular weight excluding hydrogens is 242 g/mol. The first-order chi connectivity index (χ1) is 9.55. The van der Waals surface area contributed by atoms with Crippen LogP contribution in [0.4, 0.5) is 5.69 Å². The lowest BCUT2D eigenvalue weighted by Crippen LogP contribution is -2.15. The minimum atomic E-state index is 0.212. The van der Waals surface area contributed by atoms with Gasteiger partial charge in [0.25, 0.3) is 0 Å². The van der Waals surface area contributed by atoms with E-state index in [4.69, 9.17) is 0 Å². The molecule has 0 bridgehead atoms. The van der Waals surface area contributed by atoms with Crippen molar-refractivity contribution in [2.75, 3.05) is 11.9 Å². The molecule has 1 aromatic rings. The summed E-state index contributed by atoms with van der Waals surface area (Å²) in [6.07, 6.45) is 9.59. The molecule has 1 heteroatoms. The van der Waals surface area contributed by atoms with E-state index in [0.717, 1.165) is 6.54 Å². The van der Waals surface area contributed by atoms with Crippen LogP contribution >= 0.6 is 0 Å². The topological polar surface area (TPSA) is 12.0 Å². The number of anilines is 1. The summed E-state index contributed by atoms with van der Waals surface area (Å²) in [6, 6.07) is 8.72. The van der Waals surface area contributed by atoms with Crippen LogP contribution in [-0.4, -0.2) is 6.54 Å². The highest BCUT2D eigenvalue weighted by Crippen LogP contribution is 2.29. The summed E-state index contributed by atoms with van der Waals surface area (Å²) in [4.78, 5) is 0. The Morgan fingerprint density at radius 3 is 2.10 bits per heavy atom. The maximum atomic E-state index is 3.62. The molecule has 0 atom stereocenters. The lowest BCUT2D eigenvalue weighted by molar-refractivity contribution is 0.587. The van der Waals surface area contributed by atoms with E-state index in [1.807, 2.05) is 0 Å². The third-order valence-electron chi connectivity index (χ3n) is 3.83. The van der Waals surface area contributed by atoms with Crippen LogP contribution in [0.15, 0.2) is 24.3 Å². The molecule has 0 aromatic heterocycles. The van der Waals surface area contributed by atoms with Gasteiger partial charge in [-0.3, -0.25) is 0 Å². The molecule has 0 unspecified atom stereocenters. The first kappa shape index (κ1) is 17.1. The number of para-hydroxylation sites is 1. The van der Waals surface area contributed by atoms with Crippen LogP contribution in [0.2, 0.25) is 0 Å². The van der Waals surface area contributed by atoms with E-state index in [0.29, 0.717) is 0 Å². The number of unbranched alkanes of at least 4 members (excludes halogenated alkanes) is 6. The number of rotatable bonds is 9. The average Bonchev–Trinajstić information content (AvgIpc) is 2.41. The quantitative estimate of drug-likeness (QED) is 0.533. The summed E-state index contributed by atoms with van der Waals surface area (Å²) in [7, 11) is 0. The van der Waals surface area contributed by atoms with Crippen LogP contribution in [0, 0.1) is 0 Å². The van der Waals surface area contributed by atoms with Crippen LogP contribution in [0.5, 0.6) is 0 Å². The third-order valence-corrected chi connectivity index (χ3v) is 3.83. The zero-order chi connectivity index (χ0) is 14.8. The van der Waals surface area contributed by atoms with E-state index in [1.165, 1.54) is 56.2 Å². The Kier molecular flexibility index (Phi) is 7.72. The Bertz CT molecular complexity index is 362. The minimum absolute atomic E-state index is 0.212. The predicted molar refractivity (Wildman–Crippen MR) is 91.6 cm³/mol.